The lowest BCUT2D eigenvalue weighted by molar-refractivity contribution is -0.135. The summed E-state index contributed by atoms with van der Waals surface area (Å²) in [6.07, 6.45) is 0.260. The Morgan fingerprint density at radius 3 is 2.47 bits per heavy atom. The third-order valence-electron chi connectivity index (χ3n) is 2.94. The second-order valence-corrected chi connectivity index (χ2v) is 4.13. The maximum absolute atomic E-state index is 11.4. The number of aliphatic hydroxyl groups excluding tert-OH is 2. The number of hydrogen-bond donors (Lipinski definition) is 2. The van der Waals surface area contributed by atoms with E-state index in [0.717, 1.165) is 0 Å². The first-order chi connectivity index (χ1) is 6.98. The molecule has 1 unspecified atom stereocenters. The third-order valence-corrected chi connectivity index (χ3v) is 2.94. The monoisotopic (exact) mass is 216 g/mol. The lowest BCUT2D eigenvalue weighted by atomic mass is 9.92. The Bertz CT molecular complexity index is 267. The molecule has 0 spiro atoms. The average Bonchev–Trinajstić information content (AvgIpc) is 2.47. The summed E-state index contributed by atoms with van der Waals surface area (Å²) in [4.78, 5) is 25.0. The van der Waals surface area contributed by atoms with Gasteiger partial charge in [0.2, 0.25) is 5.78 Å². The second-order valence-electron chi connectivity index (χ2n) is 4.13. The first-order valence-electron chi connectivity index (χ1n) is 4.69. The van der Waals surface area contributed by atoms with Crippen molar-refractivity contribution in [1.29, 1.82) is 0 Å². The number of aliphatic hydroxyl groups is 2. The molecule has 0 aromatic heterocycles. The number of carbonyl (C=O) groups is 2. The first kappa shape index (κ1) is 12.3. The van der Waals surface area contributed by atoms with Gasteiger partial charge in [-0.15, -0.1) is 0 Å². The molecule has 1 fully saturated rings. The minimum Gasteiger partial charge on any atom is -0.381 e. The number of carbonyl (C=O) groups excluding carboxylic acids is 2. The Labute approximate surface area is 88.1 Å². The van der Waals surface area contributed by atoms with Crippen molar-refractivity contribution < 1.29 is 19.8 Å². The van der Waals surface area contributed by atoms with Gasteiger partial charge in [-0.1, -0.05) is 0 Å². The smallest absolute Gasteiger partial charge is 0.214 e. The van der Waals surface area contributed by atoms with E-state index in [0.29, 0.717) is 0 Å². The fourth-order valence-corrected chi connectivity index (χ4v) is 2.05. The second kappa shape index (κ2) is 4.36. The Hall–Kier alpha value is -0.820. The van der Waals surface area contributed by atoms with E-state index in [-0.39, 0.29) is 26.4 Å². The maximum atomic E-state index is 11.4. The topological polar surface area (TPSA) is 81.1 Å². The molecule has 15 heavy (non-hydrogen) atoms. The van der Waals surface area contributed by atoms with Crippen molar-refractivity contribution >= 4 is 12.1 Å². The molecule has 1 saturated heterocycles. The van der Waals surface area contributed by atoms with Crippen LogP contribution < -0.4 is 0 Å². The van der Waals surface area contributed by atoms with E-state index < -0.39 is 17.4 Å². The number of ketones is 1. The fourth-order valence-electron chi connectivity index (χ4n) is 2.05. The zero-order valence-electron chi connectivity index (χ0n) is 8.88. The van der Waals surface area contributed by atoms with Crippen LogP contribution >= 0.6 is 0 Å². The van der Waals surface area contributed by atoms with E-state index in [1.807, 2.05) is 0 Å². The van der Waals surface area contributed by atoms with E-state index >= 15 is 0 Å². The van der Waals surface area contributed by atoms with Gasteiger partial charge in [-0.3, -0.25) is 19.4 Å². The van der Waals surface area contributed by atoms with Gasteiger partial charge in [0.25, 0.3) is 0 Å². The van der Waals surface area contributed by atoms with Crippen LogP contribution in [0.15, 0.2) is 0 Å². The Kier molecular flexibility index (Phi) is 3.56. The molecule has 0 radical (unpaired) electrons. The van der Waals surface area contributed by atoms with E-state index in [2.05, 4.69) is 0 Å². The molecule has 6 heteroatoms. The molecule has 1 aliphatic rings. The number of nitrogens with zero attached hydrogens (tertiary/aromatic N) is 2. The van der Waals surface area contributed by atoms with Crippen molar-refractivity contribution in [3.63, 3.8) is 0 Å². The third kappa shape index (κ3) is 1.93. The molecule has 86 valence electrons. The summed E-state index contributed by atoms with van der Waals surface area (Å²) in [5.41, 5.74) is -0.657. The number of Topliss-reactive ketones (excluding diaryl/α,β-unsaturated/α-hetero) is 1. The summed E-state index contributed by atoms with van der Waals surface area (Å²) in [6, 6.07) is -0.702. The number of aldehydes is 1. The lowest BCUT2D eigenvalue weighted by Gasteiger charge is -2.32. The van der Waals surface area contributed by atoms with Crippen molar-refractivity contribution in [1.82, 2.24) is 9.80 Å². The molecule has 1 atom stereocenters. The fraction of sp³-hybridized carbons (Fsp3) is 0.778. The van der Waals surface area contributed by atoms with Gasteiger partial charge in [0.1, 0.15) is 0 Å². The van der Waals surface area contributed by atoms with Crippen molar-refractivity contribution in [2.75, 3.05) is 20.1 Å². The molecular weight excluding hydrogens is 200 g/mol. The van der Waals surface area contributed by atoms with Gasteiger partial charge in [0.15, 0.2) is 6.29 Å². The van der Waals surface area contributed by atoms with E-state index in [1.165, 1.54) is 4.90 Å². The predicted molar refractivity (Wildman–Crippen MR) is 51.7 cm³/mol. The summed E-state index contributed by atoms with van der Waals surface area (Å²) < 4.78 is 0. The van der Waals surface area contributed by atoms with Crippen LogP contribution in [0.5, 0.6) is 0 Å². The molecular formula is C9H16N2O4. The average molecular weight is 216 g/mol. The minimum absolute atomic E-state index is 0.216. The molecule has 1 rings (SSSR count). The molecule has 1 heterocycles. The minimum atomic E-state index is -0.702. The van der Waals surface area contributed by atoms with E-state index in [4.69, 9.17) is 10.2 Å². The summed E-state index contributed by atoms with van der Waals surface area (Å²) >= 11 is 0. The van der Waals surface area contributed by atoms with Crippen LogP contribution in [0.2, 0.25) is 0 Å². The van der Waals surface area contributed by atoms with Gasteiger partial charge in [0, 0.05) is 5.54 Å². The molecule has 0 bridgehead atoms. The molecule has 0 saturated carbocycles. The van der Waals surface area contributed by atoms with Crippen molar-refractivity contribution in [3.8, 4) is 0 Å². The Balaban J connectivity index is 2.98. The SMILES string of the molecule is CC1(C)C(C(=O)C=O)N(CO)CN1CO. The highest BCUT2D eigenvalue weighted by molar-refractivity contribution is 6.28. The number of hydrogen-bond acceptors (Lipinski definition) is 6. The summed E-state index contributed by atoms with van der Waals surface area (Å²) in [7, 11) is 0. The van der Waals surface area contributed by atoms with Crippen LogP contribution in [-0.4, -0.2) is 63.8 Å². The Morgan fingerprint density at radius 2 is 2.07 bits per heavy atom. The van der Waals surface area contributed by atoms with Crippen molar-refractivity contribution in [3.05, 3.63) is 0 Å². The zero-order valence-corrected chi connectivity index (χ0v) is 8.88. The molecule has 0 aromatic carbocycles. The van der Waals surface area contributed by atoms with Crippen LogP contribution in [-0.2, 0) is 9.59 Å². The van der Waals surface area contributed by atoms with Gasteiger partial charge in [0.05, 0.1) is 26.2 Å². The summed E-state index contributed by atoms with van der Waals surface area (Å²) in [6.45, 7) is 3.25. The van der Waals surface area contributed by atoms with Crippen LogP contribution in [0, 0.1) is 0 Å². The van der Waals surface area contributed by atoms with Crippen LogP contribution in [0.3, 0.4) is 0 Å². The van der Waals surface area contributed by atoms with Gasteiger partial charge in [-0.2, -0.15) is 0 Å². The Morgan fingerprint density at radius 1 is 1.47 bits per heavy atom. The highest BCUT2D eigenvalue weighted by Crippen LogP contribution is 2.30. The van der Waals surface area contributed by atoms with Gasteiger partial charge in [-0.25, -0.2) is 0 Å². The zero-order chi connectivity index (χ0) is 11.6. The molecule has 0 amide bonds. The van der Waals surface area contributed by atoms with E-state index in [9.17, 15) is 9.59 Å². The predicted octanol–water partition coefficient (Wildman–Crippen LogP) is -1.62. The largest absolute Gasteiger partial charge is 0.381 e. The standard InChI is InChI=1S/C9H16N2O4/c1-9(2)8(7(15)3-12)10(5-13)4-11(9)6-14/h3,8,13-14H,4-6H2,1-2H3. The maximum Gasteiger partial charge on any atom is 0.214 e. The highest BCUT2D eigenvalue weighted by Gasteiger charge is 2.49. The van der Waals surface area contributed by atoms with Crippen LogP contribution in [0.4, 0.5) is 0 Å². The van der Waals surface area contributed by atoms with Crippen molar-refractivity contribution in [2.24, 2.45) is 0 Å². The summed E-state index contributed by atoms with van der Waals surface area (Å²) in [5, 5.41) is 18.2. The quantitative estimate of drug-likeness (QED) is 0.434. The molecule has 0 aliphatic carbocycles. The van der Waals surface area contributed by atoms with Crippen LogP contribution in [0.25, 0.3) is 0 Å². The number of rotatable bonds is 4. The molecule has 6 nitrogen and oxygen atoms in total. The molecule has 1 aliphatic heterocycles. The van der Waals surface area contributed by atoms with Crippen molar-refractivity contribution in [2.45, 2.75) is 25.4 Å². The van der Waals surface area contributed by atoms with E-state index in [1.54, 1.807) is 18.7 Å². The van der Waals surface area contributed by atoms with Gasteiger partial charge in [-0.05, 0) is 13.8 Å². The highest BCUT2D eigenvalue weighted by atomic mass is 16.3. The molecule has 2 N–H and O–H groups in total. The lowest BCUT2D eigenvalue weighted by Crippen LogP contribution is -2.51. The summed E-state index contributed by atoms with van der Waals surface area (Å²) in [5.74, 6) is -0.579. The first-order valence-corrected chi connectivity index (χ1v) is 4.69. The molecule has 0 aromatic rings. The van der Waals surface area contributed by atoms with Crippen LogP contribution in [0.1, 0.15) is 13.8 Å². The normalized spacial score (nSPS) is 26.8. The van der Waals surface area contributed by atoms with Gasteiger partial charge < -0.3 is 10.2 Å². The van der Waals surface area contributed by atoms with Gasteiger partial charge >= 0.3 is 0 Å².